The van der Waals surface area contributed by atoms with Gasteiger partial charge in [-0.1, -0.05) is 39.0 Å². The Morgan fingerprint density at radius 3 is 2.35 bits per heavy atom. The molecule has 0 radical (unpaired) electrons. The van der Waals surface area contributed by atoms with E-state index in [0.717, 1.165) is 26.2 Å². The molecule has 0 unspecified atom stereocenters. The normalized spacial score (nSPS) is 11.3. The molecule has 1 N–H and O–H groups in total. The van der Waals surface area contributed by atoms with Gasteiger partial charge in [-0.3, -0.25) is 0 Å². The summed E-state index contributed by atoms with van der Waals surface area (Å²) in [5.74, 6) is 0. The fourth-order valence-electron chi connectivity index (χ4n) is 1.84. The maximum atomic E-state index is 4.98. The fraction of sp³-hybridized carbons (Fsp3) is 1.00. The smallest absolute Gasteiger partial charge is 0.0587 e. The lowest BCUT2D eigenvalue weighted by Crippen LogP contribution is -2.31. The molecule has 0 atom stereocenters. The van der Waals surface area contributed by atoms with Crippen LogP contribution in [0.3, 0.4) is 0 Å². The molecule has 0 fully saturated rings. The molecule has 0 aliphatic rings. The largest absolute Gasteiger partial charge is 0.383 e. The number of unbranched alkanes of at least 4 members (excludes halogenated alkanes) is 5. The summed E-state index contributed by atoms with van der Waals surface area (Å²) in [7, 11) is 3.95. The van der Waals surface area contributed by atoms with Crippen LogP contribution in [0.15, 0.2) is 0 Å². The van der Waals surface area contributed by atoms with Crippen molar-refractivity contribution in [3.05, 3.63) is 0 Å². The van der Waals surface area contributed by atoms with Crippen LogP contribution < -0.4 is 5.32 Å². The van der Waals surface area contributed by atoms with E-state index < -0.39 is 0 Å². The summed E-state index contributed by atoms with van der Waals surface area (Å²) in [6.45, 7) is 7.47. The van der Waals surface area contributed by atoms with E-state index in [4.69, 9.17) is 4.74 Å². The summed E-state index contributed by atoms with van der Waals surface area (Å²) in [4.78, 5) is 2.42. The number of methoxy groups -OCH3 is 1. The second-order valence-electron chi connectivity index (χ2n) is 4.81. The molecule has 0 rings (SSSR count). The predicted octanol–water partition coefficient (Wildman–Crippen LogP) is 2.51. The monoisotopic (exact) mass is 244 g/mol. The first-order valence-corrected chi connectivity index (χ1v) is 7.19. The maximum absolute atomic E-state index is 4.98. The van der Waals surface area contributed by atoms with Gasteiger partial charge in [-0.05, 0) is 20.0 Å². The summed E-state index contributed by atoms with van der Waals surface area (Å²) >= 11 is 0. The van der Waals surface area contributed by atoms with Crippen molar-refractivity contribution in [3.63, 3.8) is 0 Å². The van der Waals surface area contributed by atoms with Crippen LogP contribution in [0.2, 0.25) is 0 Å². The van der Waals surface area contributed by atoms with Gasteiger partial charge < -0.3 is 15.0 Å². The average Bonchev–Trinajstić information content (AvgIpc) is 2.33. The summed E-state index contributed by atoms with van der Waals surface area (Å²) in [6.07, 6.45) is 8.30. The molecule has 0 aromatic rings. The first-order valence-electron chi connectivity index (χ1n) is 7.19. The lowest BCUT2D eigenvalue weighted by molar-refractivity contribution is 0.197. The molecule has 0 aromatic carbocycles. The molecular weight excluding hydrogens is 212 g/mol. The van der Waals surface area contributed by atoms with E-state index in [1.54, 1.807) is 7.11 Å². The number of nitrogens with zero attached hydrogens (tertiary/aromatic N) is 1. The summed E-state index contributed by atoms with van der Waals surface area (Å²) in [5, 5.41) is 3.37. The quantitative estimate of drug-likeness (QED) is 0.504. The van der Waals surface area contributed by atoms with Crippen molar-refractivity contribution < 1.29 is 4.74 Å². The third-order valence-electron chi connectivity index (χ3n) is 3.05. The highest BCUT2D eigenvalue weighted by atomic mass is 16.5. The maximum Gasteiger partial charge on any atom is 0.0587 e. The molecule has 3 nitrogen and oxygen atoms in total. The zero-order valence-corrected chi connectivity index (χ0v) is 12.1. The summed E-state index contributed by atoms with van der Waals surface area (Å²) in [5.41, 5.74) is 0. The Kier molecular flexibility index (Phi) is 13.8. The van der Waals surface area contributed by atoms with Crippen LogP contribution in [0.25, 0.3) is 0 Å². The Balaban J connectivity index is 3.09. The highest BCUT2D eigenvalue weighted by Gasteiger charge is 1.97. The number of hydrogen-bond donors (Lipinski definition) is 1. The van der Waals surface area contributed by atoms with Crippen molar-refractivity contribution in [1.82, 2.24) is 10.2 Å². The van der Waals surface area contributed by atoms with E-state index in [2.05, 4.69) is 24.2 Å². The topological polar surface area (TPSA) is 24.5 Å². The molecule has 0 bridgehead atoms. The Labute approximate surface area is 108 Å². The fourth-order valence-corrected chi connectivity index (χ4v) is 1.84. The lowest BCUT2D eigenvalue weighted by Gasteiger charge is -2.16. The van der Waals surface area contributed by atoms with Gasteiger partial charge in [-0.15, -0.1) is 0 Å². The standard InChI is InChI=1S/C14H32N2O/c1-4-5-6-7-8-9-12-16(2)13-10-15-11-14-17-3/h15H,4-14H2,1-3H3. The average molecular weight is 244 g/mol. The SMILES string of the molecule is CCCCCCCCN(C)CCNCCOC. The van der Waals surface area contributed by atoms with Crippen LogP contribution in [-0.2, 0) is 4.74 Å². The van der Waals surface area contributed by atoms with Crippen molar-refractivity contribution in [3.8, 4) is 0 Å². The van der Waals surface area contributed by atoms with Crippen LogP contribution in [0.1, 0.15) is 45.4 Å². The number of nitrogens with one attached hydrogen (secondary N) is 1. The number of likely N-dealkylation sites (N-methyl/N-ethyl adjacent to an activating group) is 1. The molecule has 17 heavy (non-hydrogen) atoms. The third-order valence-corrected chi connectivity index (χ3v) is 3.05. The second kappa shape index (κ2) is 13.9. The molecule has 0 spiro atoms. The lowest BCUT2D eigenvalue weighted by atomic mass is 10.1. The summed E-state index contributed by atoms with van der Waals surface area (Å²) < 4.78 is 4.98. The van der Waals surface area contributed by atoms with Gasteiger partial charge in [-0.25, -0.2) is 0 Å². The van der Waals surface area contributed by atoms with E-state index in [-0.39, 0.29) is 0 Å². The molecule has 0 amide bonds. The minimum absolute atomic E-state index is 0.807. The number of ether oxygens (including phenoxy) is 1. The van der Waals surface area contributed by atoms with E-state index in [1.165, 1.54) is 45.1 Å². The Morgan fingerprint density at radius 1 is 0.941 bits per heavy atom. The van der Waals surface area contributed by atoms with E-state index in [9.17, 15) is 0 Å². The van der Waals surface area contributed by atoms with Crippen LogP contribution in [-0.4, -0.2) is 51.8 Å². The first kappa shape index (κ1) is 16.9. The van der Waals surface area contributed by atoms with E-state index >= 15 is 0 Å². The minimum atomic E-state index is 0.807. The molecule has 0 aliphatic heterocycles. The Bertz CT molecular complexity index is 142. The molecule has 0 saturated heterocycles. The zero-order chi connectivity index (χ0) is 12.8. The second-order valence-corrected chi connectivity index (χ2v) is 4.81. The van der Waals surface area contributed by atoms with Crippen molar-refractivity contribution in [1.29, 1.82) is 0 Å². The van der Waals surface area contributed by atoms with E-state index in [0.29, 0.717) is 0 Å². The van der Waals surface area contributed by atoms with Crippen molar-refractivity contribution in [2.24, 2.45) is 0 Å². The Hall–Kier alpha value is -0.120. The summed E-state index contributed by atoms with van der Waals surface area (Å²) in [6, 6.07) is 0. The van der Waals surface area contributed by atoms with Gasteiger partial charge in [0.2, 0.25) is 0 Å². The van der Waals surface area contributed by atoms with E-state index in [1.807, 2.05) is 0 Å². The molecular formula is C14H32N2O. The van der Waals surface area contributed by atoms with Crippen LogP contribution >= 0.6 is 0 Å². The molecule has 0 aliphatic carbocycles. The minimum Gasteiger partial charge on any atom is -0.383 e. The number of rotatable bonds is 13. The third kappa shape index (κ3) is 13.8. The molecule has 0 heterocycles. The predicted molar refractivity (Wildman–Crippen MR) is 75.6 cm³/mol. The van der Waals surface area contributed by atoms with Gasteiger partial charge in [0.1, 0.15) is 0 Å². The van der Waals surface area contributed by atoms with Gasteiger partial charge >= 0.3 is 0 Å². The molecule has 0 aromatic heterocycles. The van der Waals surface area contributed by atoms with Gasteiger partial charge in [0.05, 0.1) is 6.61 Å². The first-order chi connectivity index (χ1) is 8.31. The highest BCUT2D eigenvalue weighted by Crippen LogP contribution is 2.05. The zero-order valence-electron chi connectivity index (χ0n) is 12.1. The molecule has 0 saturated carbocycles. The van der Waals surface area contributed by atoms with Crippen molar-refractivity contribution in [2.45, 2.75) is 45.4 Å². The van der Waals surface area contributed by atoms with Crippen LogP contribution in [0, 0.1) is 0 Å². The highest BCUT2D eigenvalue weighted by molar-refractivity contribution is 4.55. The van der Waals surface area contributed by atoms with Crippen LogP contribution in [0.4, 0.5) is 0 Å². The van der Waals surface area contributed by atoms with Gasteiger partial charge in [-0.2, -0.15) is 0 Å². The van der Waals surface area contributed by atoms with Gasteiger partial charge in [0.25, 0.3) is 0 Å². The van der Waals surface area contributed by atoms with Crippen molar-refractivity contribution in [2.75, 3.05) is 46.9 Å². The Morgan fingerprint density at radius 2 is 1.65 bits per heavy atom. The number of hydrogen-bond acceptors (Lipinski definition) is 3. The van der Waals surface area contributed by atoms with Crippen molar-refractivity contribution >= 4 is 0 Å². The van der Waals surface area contributed by atoms with Crippen LogP contribution in [0.5, 0.6) is 0 Å². The van der Waals surface area contributed by atoms with Gasteiger partial charge in [0, 0.05) is 26.7 Å². The van der Waals surface area contributed by atoms with Gasteiger partial charge in [0.15, 0.2) is 0 Å². The molecule has 3 heteroatoms. The molecule has 104 valence electrons.